The maximum absolute atomic E-state index is 12.2. The molecule has 20 heavy (non-hydrogen) atoms. The van der Waals surface area contributed by atoms with Gasteiger partial charge in [0, 0.05) is 24.5 Å². The van der Waals surface area contributed by atoms with Crippen LogP contribution in [0.2, 0.25) is 0 Å². The fourth-order valence-electron chi connectivity index (χ4n) is 1.93. The van der Waals surface area contributed by atoms with Gasteiger partial charge in [-0.15, -0.1) is 11.3 Å². The Morgan fingerprint density at radius 2 is 2.40 bits per heavy atom. The topological polar surface area (TPSA) is 78.9 Å². The number of hydrogen-bond acceptors (Lipinski definition) is 6. The SMILES string of the molecule is CN1CCOC(CNS(=O)(=O)c2cc(CO)sc2Br)C1. The molecule has 2 heterocycles. The van der Waals surface area contributed by atoms with Crippen LogP contribution in [0.15, 0.2) is 14.7 Å². The number of morpholine rings is 1. The summed E-state index contributed by atoms with van der Waals surface area (Å²) >= 11 is 4.43. The van der Waals surface area contributed by atoms with Gasteiger partial charge in [-0.05, 0) is 29.0 Å². The molecular formula is C11H17BrN2O4S2. The molecule has 9 heteroatoms. The van der Waals surface area contributed by atoms with Crippen LogP contribution in [0, 0.1) is 0 Å². The van der Waals surface area contributed by atoms with Gasteiger partial charge in [0.25, 0.3) is 0 Å². The molecule has 114 valence electrons. The second-order valence-corrected chi connectivity index (χ2v) is 8.81. The highest BCUT2D eigenvalue weighted by Crippen LogP contribution is 2.31. The van der Waals surface area contributed by atoms with Crippen molar-refractivity contribution in [2.75, 3.05) is 33.3 Å². The average molecular weight is 385 g/mol. The second-order valence-electron chi connectivity index (χ2n) is 4.62. The van der Waals surface area contributed by atoms with Crippen molar-refractivity contribution in [1.82, 2.24) is 9.62 Å². The Morgan fingerprint density at radius 1 is 1.65 bits per heavy atom. The predicted octanol–water partition coefficient (Wildman–Crippen LogP) is 0.612. The van der Waals surface area contributed by atoms with E-state index < -0.39 is 10.0 Å². The van der Waals surface area contributed by atoms with Crippen LogP contribution >= 0.6 is 27.3 Å². The summed E-state index contributed by atoms with van der Waals surface area (Å²) in [5, 5.41) is 9.05. The summed E-state index contributed by atoms with van der Waals surface area (Å²) < 4.78 is 33.0. The van der Waals surface area contributed by atoms with Crippen LogP contribution in [0.1, 0.15) is 4.88 Å². The monoisotopic (exact) mass is 384 g/mol. The number of ether oxygens (including phenoxy) is 1. The van der Waals surface area contributed by atoms with Crippen LogP contribution in [0.5, 0.6) is 0 Å². The molecule has 1 aliphatic rings. The number of nitrogens with one attached hydrogen (secondary N) is 1. The molecule has 0 saturated carbocycles. The van der Waals surface area contributed by atoms with Crippen molar-refractivity contribution in [3.8, 4) is 0 Å². The lowest BCUT2D eigenvalue weighted by atomic mass is 10.3. The Hall–Kier alpha value is -0.0300. The molecule has 0 aromatic carbocycles. The maximum atomic E-state index is 12.2. The smallest absolute Gasteiger partial charge is 0.242 e. The maximum Gasteiger partial charge on any atom is 0.242 e. The third-order valence-corrected chi connectivity index (χ3v) is 6.66. The van der Waals surface area contributed by atoms with E-state index in [4.69, 9.17) is 9.84 Å². The van der Waals surface area contributed by atoms with Crippen molar-refractivity contribution in [1.29, 1.82) is 0 Å². The molecule has 2 rings (SSSR count). The predicted molar refractivity (Wildman–Crippen MR) is 80.4 cm³/mol. The minimum Gasteiger partial charge on any atom is -0.391 e. The van der Waals surface area contributed by atoms with Gasteiger partial charge in [0.1, 0.15) is 4.90 Å². The van der Waals surface area contributed by atoms with Crippen LogP contribution in [-0.4, -0.2) is 57.8 Å². The second kappa shape index (κ2) is 6.82. The number of rotatable bonds is 5. The summed E-state index contributed by atoms with van der Waals surface area (Å²) in [6, 6.07) is 1.48. The quantitative estimate of drug-likeness (QED) is 0.777. The van der Waals surface area contributed by atoms with Gasteiger partial charge in [0.2, 0.25) is 10.0 Å². The molecule has 1 aliphatic heterocycles. The minimum absolute atomic E-state index is 0.141. The van der Waals surface area contributed by atoms with Crippen LogP contribution in [-0.2, 0) is 21.4 Å². The fourth-order valence-corrected chi connectivity index (χ4v) is 5.54. The number of halogens is 1. The summed E-state index contributed by atoms with van der Waals surface area (Å²) in [5.74, 6) is 0. The summed E-state index contributed by atoms with van der Waals surface area (Å²) in [6.07, 6.45) is -0.141. The van der Waals surface area contributed by atoms with E-state index in [1.807, 2.05) is 7.05 Å². The van der Waals surface area contributed by atoms with Gasteiger partial charge in [-0.1, -0.05) is 0 Å². The zero-order chi connectivity index (χ0) is 14.8. The van der Waals surface area contributed by atoms with E-state index >= 15 is 0 Å². The lowest BCUT2D eigenvalue weighted by Gasteiger charge is -2.30. The number of aliphatic hydroxyl groups is 1. The molecule has 0 spiro atoms. The zero-order valence-corrected chi connectivity index (χ0v) is 14.2. The normalized spacial score (nSPS) is 21.2. The van der Waals surface area contributed by atoms with Gasteiger partial charge in [-0.3, -0.25) is 0 Å². The van der Waals surface area contributed by atoms with E-state index in [1.54, 1.807) is 0 Å². The van der Waals surface area contributed by atoms with E-state index in [-0.39, 0.29) is 24.2 Å². The molecule has 0 aliphatic carbocycles. The first-order valence-electron chi connectivity index (χ1n) is 6.11. The van der Waals surface area contributed by atoms with E-state index in [9.17, 15) is 8.42 Å². The number of thiophene rings is 1. The van der Waals surface area contributed by atoms with E-state index in [0.29, 0.717) is 21.8 Å². The molecule has 1 aromatic rings. The molecule has 1 aromatic heterocycles. The Bertz CT molecular complexity index is 561. The number of hydrogen-bond donors (Lipinski definition) is 2. The van der Waals surface area contributed by atoms with E-state index in [0.717, 1.165) is 6.54 Å². The highest BCUT2D eigenvalue weighted by molar-refractivity contribution is 9.11. The van der Waals surface area contributed by atoms with E-state index in [2.05, 4.69) is 25.6 Å². The summed E-state index contributed by atoms with van der Waals surface area (Å²) in [4.78, 5) is 2.87. The largest absolute Gasteiger partial charge is 0.391 e. The lowest BCUT2D eigenvalue weighted by Crippen LogP contribution is -2.45. The van der Waals surface area contributed by atoms with E-state index in [1.165, 1.54) is 17.4 Å². The summed E-state index contributed by atoms with van der Waals surface area (Å²) in [5.41, 5.74) is 0. The van der Waals surface area contributed by atoms with Crippen molar-refractivity contribution in [3.63, 3.8) is 0 Å². The highest BCUT2D eigenvalue weighted by atomic mass is 79.9. The third kappa shape index (κ3) is 4.00. The standard InChI is InChI=1S/C11H17BrN2O4S2/c1-14-2-3-18-8(6-14)5-13-20(16,17)10-4-9(7-15)19-11(10)12/h4,8,13,15H,2-3,5-7H2,1H3. The zero-order valence-electron chi connectivity index (χ0n) is 11.0. The third-order valence-electron chi connectivity index (χ3n) is 2.99. The van der Waals surface area contributed by atoms with Crippen molar-refractivity contribution in [2.24, 2.45) is 0 Å². The molecular weight excluding hydrogens is 368 g/mol. The van der Waals surface area contributed by atoms with Gasteiger partial charge in [0.05, 0.1) is 23.1 Å². The van der Waals surface area contributed by atoms with Crippen LogP contribution in [0.3, 0.4) is 0 Å². The van der Waals surface area contributed by atoms with Crippen molar-refractivity contribution >= 4 is 37.3 Å². The molecule has 0 radical (unpaired) electrons. The number of nitrogens with zero attached hydrogens (tertiary/aromatic N) is 1. The van der Waals surface area contributed by atoms with Crippen molar-refractivity contribution in [3.05, 3.63) is 14.7 Å². The number of likely N-dealkylation sites (N-methyl/N-ethyl adjacent to an activating group) is 1. The van der Waals surface area contributed by atoms with Gasteiger partial charge in [-0.25, -0.2) is 13.1 Å². The lowest BCUT2D eigenvalue weighted by molar-refractivity contribution is -0.0156. The van der Waals surface area contributed by atoms with Crippen LogP contribution in [0.25, 0.3) is 0 Å². The molecule has 0 bridgehead atoms. The highest BCUT2D eigenvalue weighted by Gasteiger charge is 2.24. The molecule has 1 fully saturated rings. The molecule has 0 amide bonds. The molecule has 1 saturated heterocycles. The number of sulfonamides is 1. The Labute approximate surface area is 130 Å². The van der Waals surface area contributed by atoms with Gasteiger partial charge in [-0.2, -0.15) is 0 Å². The molecule has 1 unspecified atom stereocenters. The molecule has 1 atom stereocenters. The first-order valence-corrected chi connectivity index (χ1v) is 9.20. The Balaban J connectivity index is 2.01. The number of aliphatic hydroxyl groups excluding tert-OH is 1. The van der Waals surface area contributed by atoms with Gasteiger partial charge in [0.15, 0.2) is 0 Å². The Morgan fingerprint density at radius 3 is 3.00 bits per heavy atom. The van der Waals surface area contributed by atoms with Crippen LogP contribution in [0.4, 0.5) is 0 Å². The molecule has 2 N–H and O–H groups in total. The minimum atomic E-state index is -3.59. The van der Waals surface area contributed by atoms with Crippen molar-refractivity contribution < 1.29 is 18.3 Å². The van der Waals surface area contributed by atoms with Crippen molar-refractivity contribution in [2.45, 2.75) is 17.6 Å². The van der Waals surface area contributed by atoms with Gasteiger partial charge < -0.3 is 14.7 Å². The molecule has 6 nitrogen and oxygen atoms in total. The Kier molecular flexibility index (Phi) is 5.57. The fraction of sp³-hybridized carbons (Fsp3) is 0.636. The first kappa shape index (κ1) is 16.3. The van der Waals surface area contributed by atoms with Crippen LogP contribution < -0.4 is 4.72 Å². The summed E-state index contributed by atoms with van der Waals surface area (Å²) in [7, 11) is -1.61. The van der Waals surface area contributed by atoms with Gasteiger partial charge >= 0.3 is 0 Å². The first-order chi connectivity index (χ1) is 9.42. The average Bonchev–Trinajstić information content (AvgIpc) is 2.79. The summed E-state index contributed by atoms with van der Waals surface area (Å²) in [6.45, 7) is 2.24.